The van der Waals surface area contributed by atoms with Crippen molar-refractivity contribution in [2.75, 3.05) is 0 Å². The zero-order valence-corrected chi connectivity index (χ0v) is 24.5. The molecule has 6 aromatic carbocycles. The van der Waals surface area contributed by atoms with E-state index in [0.717, 1.165) is 16.7 Å². The normalized spacial score (nSPS) is 10.5. The summed E-state index contributed by atoms with van der Waals surface area (Å²) in [5, 5.41) is 20.2. The minimum atomic E-state index is -1.23. The van der Waals surface area contributed by atoms with Crippen LogP contribution in [0.25, 0.3) is 33.0 Å². The van der Waals surface area contributed by atoms with Crippen molar-refractivity contribution >= 4 is 29.5 Å². The predicted molar refractivity (Wildman–Crippen MR) is 174 cm³/mol. The lowest BCUT2D eigenvalue weighted by atomic mass is 9.99. The first-order valence-corrected chi connectivity index (χ1v) is 14.1. The van der Waals surface area contributed by atoms with E-state index in [1.54, 1.807) is 24.3 Å². The van der Waals surface area contributed by atoms with Crippen LogP contribution in [0.3, 0.4) is 0 Å². The molecule has 0 amide bonds. The van der Waals surface area contributed by atoms with Gasteiger partial charge in [-0.15, -0.1) is 0 Å². The smallest absolute Gasteiger partial charge is 0.344 e. The zero-order chi connectivity index (χ0) is 32.5. The van der Waals surface area contributed by atoms with Crippen molar-refractivity contribution in [2.45, 2.75) is 6.61 Å². The number of carboxylic acid groups (broad SMARTS) is 1. The van der Waals surface area contributed by atoms with Crippen LogP contribution in [0.5, 0.6) is 17.2 Å². The monoisotopic (exact) mass is 612 g/mol. The van der Waals surface area contributed by atoms with Gasteiger partial charge >= 0.3 is 11.9 Å². The van der Waals surface area contributed by atoms with Crippen LogP contribution in [0.15, 0.2) is 133 Å². The summed E-state index contributed by atoms with van der Waals surface area (Å²) in [6.45, 7) is 1.92. The number of carboxylic acids is 1. The highest BCUT2D eigenvalue weighted by atomic mass is 17.1. The van der Waals surface area contributed by atoms with Crippen molar-refractivity contribution in [2.24, 2.45) is 0 Å². The molecule has 2 N–H and O–H groups in total. The van der Waals surface area contributed by atoms with Crippen LogP contribution in [0.2, 0.25) is 0 Å². The van der Waals surface area contributed by atoms with Crippen LogP contribution in [0, 0.1) is 0 Å². The average molecular weight is 613 g/mol. The molecule has 0 fully saturated rings. The van der Waals surface area contributed by atoms with Gasteiger partial charge in [0.05, 0.1) is 11.1 Å². The van der Waals surface area contributed by atoms with Gasteiger partial charge in [0, 0.05) is 16.3 Å². The van der Waals surface area contributed by atoms with E-state index in [-0.39, 0.29) is 23.5 Å². The number of rotatable bonds is 9. The highest BCUT2D eigenvalue weighted by Gasteiger charge is 2.21. The Kier molecular flexibility index (Phi) is 9.94. The first-order chi connectivity index (χ1) is 22.5. The quantitative estimate of drug-likeness (QED) is 0.0720. The van der Waals surface area contributed by atoms with Crippen molar-refractivity contribution in [3.05, 3.63) is 150 Å². The Balaban J connectivity index is 0.00000204. The molecular weight excluding hydrogens is 584 g/mol. The molecule has 0 heterocycles. The molecule has 46 heavy (non-hydrogen) atoms. The molecular formula is C38H28O8. The van der Waals surface area contributed by atoms with Gasteiger partial charge in [0.2, 0.25) is 0 Å². The van der Waals surface area contributed by atoms with Crippen molar-refractivity contribution in [1.82, 2.24) is 0 Å². The van der Waals surface area contributed by atoms with Gasteiger partial charge in [0.15, 0.2) is 0 Å². The Morgan fingerprint density at radius 2 is 1.11 bits per heavy atom. The van der Waals surface area contributed by atoms with Gasteiger partial charge in [0.1, 0.15) is 30.6 Å². The van der Waals surface area contributed by atoms with Crippen LogP contribution >= 0.6 is 0 Å². The summed E-state index contributed by atoms with van der Waals surface area (Å²) in [7, 11) is 0. The second-order valence-corrected chi connectivity index (χ2v) is 9.99. The summed E-state index contributed by atoms with van der Waals surface area (Å²) in [6.07, 6.45) is 0. The van der Waals surface area contributed by atoms with Crippen molar-refractivity contribution in [1.29, 1.82) is 0 Å². The summed E-state index contributed by atoms with van der Waals surface area (Å²) in [4.78, 5) is 37.9. The summed E-state index contributed by atoms with van der Waals surface area (Å²) in [5.74, 6) is -0.805. The molecule has 0 saturated carbocycles. The second kappa shape index (κ2) is 14.6. The van der Waals surface area contributed by atoms with E-state index in [0.29, 0.717) is 33.4 Å². The zero-order valence-electron chi connectivity index (χ0n) is 24.5. The maximum Gasteiger partial charge on any atom is 0.344 e. The number of esters is 1. The van der Waals surface area contributed by atoms with Crippen LogP contribution in [0.4, 0.5) is 0 Å². The molecule has 0 unspecified atom stereocenters. The first kappa shape index (κ1) is 31.3. The summed E-state index contributed by atoms with van der Waals surface area (Å²) >= 11 is 0. The fraction of sp³-hybridized carbons (Fsp3) is 0.0263. The van der Waals surface area contributed by atoms with Gasteiger partial charge < -0.3 is 19.4 Å². The van der Waals surface area contributed by atoms with Gasteiger partial charge in [-0.3, -0.25) is 5.26 Å². The highest BCUT2D eigenvalue weighted by Crippen LogP contribution is 2.38. The summed E-state index contributed by atoms with van der Waals surface area (Å²) in [6, 6.07) is 40.0. The summed E-state index contributed by atoms with van der Waals surface area (Å²) < 4.78 is 12.2. The largest absolute Gasteiger partial charge is 0.478 e. The molecule has 0 aliphatic carbocycles. The van der Waals surface area contributed by atoms with Gasteiger partial charge in [-0.25, -0.2) is 14.5 Å². The third kappa shape index (κ3) is 6.84. The lowest BCUT2D eigenvalue weighted by Gasteiger charge is -2.16. The molecule has 0 aliphatic rings. The fourth-order valence-electron chi connectivity index (χ4n) is 5.05. The number of ether oxygens (including phenoxy) is 2. The van der Waals surface area contributed by atoms with E-state index in [9.17, 15) is 20.0 Å². The number of benzene rings is 6. The third-order valence-corrected chi connectivity index (χ3v) is 7.24. The van der Waals surface area contributed by atoms with Crippen LogP contribution in [0.1, 0.15) is 26.3 Å². The lowest BCUT2D eigenvalue weighted by molar-refractivity contribution is -0.253. The molecule has 0 saturated heterocycles. The number of carbonyl (C=O) groups excluding carboxylic acids is 2. The molecule has 0 radical (unpaired) electrons. The number of carbonyl (C=O) groups is 3. The standard InChI is InChI=1S/C37H26O7.CH2O/c38-36(39)31-18-17-26(24-9-3-1-4-10-24)21-32(31)37(40)44-34-20-19-33(29-13-7-8-14-30(29)34)43-35-22-27(15-16-28(35)23-42-41)25-11-5-2-6-12-25;1-2/h1-22,41H,23H2,(H,38,39);1H2. The molecule has 0 spiro atoms. The number of hydrogen-bond donors (Lipinski definition) is 2. The highest BCUT2D eigenvalue weighted by molar-refractivity contribution is 6.05. The molecule has 6 aromatic rings. The van der Waals surface area contributed by atoms with E-state index in [2.05, 4.69) is 4.89 Å². The van der Waals surface area contributed by atoms with Crippen molar-refractivity contribution in [3.63, 3.8) is 0 Å². The predicted octanol–water partition coefficient (Wildman–Crippen LogP) is 8.69. The Morgan fingerprint density at radius 3 is 1.72 bits per heavy atom. The Morgan fingerprint density at radius 1 is 0.565 bits per heavy atom. The van der Waals surface area contributed by atoms with E-state index < -0.39 is 11.9 Å². The van der Waals surface area contributed by atoms with E-state index >= 15 is 0 Å². The molecule has 0 aliphatic heterocycles. The Bertz CT molecular complexity index is 1990. The van der Waals surface area contributed by atoms with Gasteiger partial charge in [-0.2, -0.15) is 0 Å². The van der Waals surface area contributed by atoms with E-state index in [1.807, 2.05) is 104 Å². The maximum absolute atomic E-state index is 13.5. The van der Waals surface area contributed by atoms with Crippen LogP contribution in [-0.2, 0) is 16.3 Å². The fourth-order valence-corrected chi connectivity index (χ4v) is 5.05. The third-order valence-electron chi connectivity index (χ3n) is 7.24. The Hall–Kier alpha value is -6.09. The lowest BCUT2D eigenvalue weighted by Crippen LogP contribution is -2.14. The second-order valence-electron chi connectivity index (χ2n) is 9.99. The molecule has 228 valence electrons. The minimum absolute atomic E-state index is 0.0605. The first-order valence-electron chi connectivity index (χ1n) is 14.1. The number of fused-ring (bicyclic) bond motifs is 1. The topological polar surface area (TPSA) is 119 Å². The SMILES string of the molecule is C=O.O=C(O)c1ccc(-c2ccccc2)cc1C(=O)Oc1ccc(Oc2cc(-c3ccccc3)ccc2COO)c2ccccc12. The molecule has 6 rings (SSSR count). The molecule has 0 atom stereocenters. The minimum Gasteiger partial charge on any atom is -0.478 e. The van der Waals surface area contributed by atoms with Crippen molar-refractivity contribution < 1.29 is 39.1 Å². The van der Waals surface area contributed by atoms with Gasteiger partial charge in [-0.05, 0) is 52.6 Å². The molecule has 8 nitrogen and oxygen atoms in total. The van der Waals surface area contributed by atoms with Crippen molar-refractivity contribution in [3.8, 4) is 39.5 Å². The summed E-state index contributed by atoms with van der Waals surface area (Å²) in [5.41, 5.74) is 3.86. The Labute approximate surface area is 264 Å². The molecule has 0 bridgehead atoms. The average Bonchev–Trinajstić information content (AvgIpc) is 3.11. The number of aromatic carboxylic acids is 1. The molecule has 0 aromatic heterocycles. The number of hydrogen-bond acceptors (Lipinski definition) is 7. The van der Waals surface area contributed by atoms with Crippen LogP contribution < -0.4 is 9.47 Å². The van der Waals surface area contributed by atoms with Crippen LogP contribution in [-0.4, -0.2) is 29.1 Å². The van der Waals surface area contributed by atoms with Gasteiger partial charge in [0.25, 0.3) is 0 Å². The maximum atomic E-state index is 13.5. The van der Waals surface area contributed by atoms with Gasteiger partial charge in [-0.1, -0.05) is 103 Å². The van der Waals surface area contributed by atoms with E-state index in [1.165, 1.54) is 12.1 Å². The molecule has 8 heteroatoms. The van der Waals surface area contributed by atoms with E-state index in [4.69, 9.17) is 14.3 Å².